The van der Waals surface area contributed by atoms with E-state index >= 15 is 0 Å². The number of hydrogen-bond donors (Lipinski definition) is 3. The topological polar surface area (TPSA) is 208 Å². The minimum atomic E-state index is -5.13. The van der Waals surface area contributed by atoms with Gasteiger partial charge < -0.3 is 18.2 Å². The largest absolute Gasteiger partial charge is 0.481 e. The molecule has 0 aromatic heterocycles. The van der Waals surface area contributed by atoms with Crippen LogP contribution in [0.25, 0.3) is 6.08 Å². The predicted molar refractivity (Wildman–Crippen MR) is 197 cm³/mol. The lowest BCUT2D eigenvalue weighted by Gasteiger charge is -2.70. The molecule has 0 aliphatic heterocycles. The second kappa shape index (κ2) is 13.2. The number of carboxylic acid groups (broad SMARTS) is 1. The zero-order chi connectivity index (χ0) is 39.9. The first-order chi connectivity index (χ1) is 24.8. The number of ether oxygens (including phenoxy) is 1. The number of fused-ring (bicyclic) bond motifs is 7. The lowest BCUT2D eigenvalue weighted by atomic mass is 9.33. The van der Waals surface area contributed by atoms with Crippen LogP contribution < -0.4 is 8.37 Å². The third-order valence-corrected chi connectivity index (χ3v) is 15.5. The van der Waals surface area contributed by atoms with Gasteiger partial charge >= 0.3 is 32.7 Å². The van der Waals surface area contributed by atoms with Gasteiger partial charge in [-0.05, 0) is 116 Å². The SMILES string of the molecule is CC1(C)CC[C@]2(C(=O)O)CC[C@]3(COC(=O)/C=C/c4ccc(OS(=O)(=O)O)c(OS(=O)(=O)O)c4)C(=CC[C@@H]4[C@@]5(C)CCC(=O)C(C)(C)C5CC[C@]43C)C2C1. The molecule has 5 aliphatic rings. The van der Waals surface area contributed by atoms with Crippen molar-refractivity contribution in [3.63, 3.8) is 0 Å². The van der Waals surface area contributed by atoms with Gasteiger partial charge in [0.05, 0.1) is 5.41 Å². The molecule has 13 nitrogen and oxygen atoms in total. The first kappa shape index (κ1) is 40.4. The van der Waals surface area contributed by atoms with Crippen molar-refractivity contribution in [1.29, 1.82) is 0 Å². The summed E-state index contributed by atoms with van der Waals surface area (Å²) in [5.41, 5.74) is -1.44. The summed E-state index contributed by atoms with van der Waals surface area (Å²) < 4.78 is 78.6. The van der Waals surface area contributed by atoms with Crippen LogP contribution in [0.4, 0.5) is 0 Å². The highest BCUT2D eigenvalue weighted by molar-refractivity contribution is 7.81. The summed E-state index contributed by atoms with van der Waals surface area (Å²) in [4.78, 5) is 40.0. The Hall–Kier alpha value is -3.27. The minimum absolute atomic E-state index is 0.0168. The molecule has 1 aromatic carbocycles. The molecule has 6 rings (SSSR count). The molecule has 0 radical (unpaired) electrons. The monoisotopic (exact) mass is 792 g/mol. The average Bonchev–Trinajstić information content (AvgIpc) is 3.04. The Bertz CT molecular complexity index is 2030. The number of hydrogen-bond acceptors (Lipinski definition) is 10. The van der Waals surface area contributed by atoms with Gasteiger partial charge in [0.25, 0.3) is 0 Å². The van der Waals surface area contributed by atoms with Crippen LogP contribution in [0.1, 0.15) is 111 Å². The molecule has 3 N–H and O–H groups in total. The molecule has 54 heavy (non-hydrogen) atoms. The van der Waals surface area contributed by atoms with E-state index < -0.39 is 60.5 Å². The summed E-state index contributed by atoms with van der Waals surface area (Å²) in [7, 11) is -10.2. The molecule has 15 heteroatoms. The number of benzene rings is 1. The van der Waals surface area contributed by atoms with Crippen LogP contribution in [0.3, 0.4) is 0 Å². The van der Waals surface area contributed by atoms with E-state index in [1.54, 1.807) is 0 Å². The van der Waals surface area contributed by atoms with Gasteiger partial charge in [0.2, 0.25) is 0 Å². The van der Waals surface area contributed by atoms with Crippen LogP contribution in [-0.4, -0.2) is 55.4 Å². The number of aliphatic carboxylic acids is 1. The summed E-state index contributed by atoms with van der Waals surface area (Å²) in [5.74, 6) is -2.60. The minimum Gasteiger partial charge on any atom is -0.481 e. The van der Waals surface area contributed by atoms with Gasteiger partial charge in [-0.25, -0.2) is 4.79 Å². The molecule has 5 aliphatic carbocycles. The quantitative estimate of drug-likeness (QED) is 0.0994. The molecule has 4 fully saturated rings. The van der Waals surface area contributed by atoms with Crippen LogP contribution >= 0.6 is 0 Å². The number of allylic oxidation sites excluding steroid dienone is 1. The maximum absolute atomic E-state index is 13.6. The number of rotatable bonds is 9. The smallest absolute Gasteiger partial charge is 0.446 e. The fraction of sp³-hybridized carbons (Fsp3) is 0.667. The second-order valence-corrected chi connectivity index (χ2v) is 20.3. The van der Waals surface area contributed by atoms with E-state index in [4.69, 9.17) is 9.29 Å². The number of carboxylic acids is 1. The van der Waals surface area contributed by atoms with E-state index in [0.29, 0.717) is 37.9 Å². The van der Waals surface area contributed by atoms with Gasteiger partial charge in [-0.15, -0.1) is 0 Å². The van der Waals surface area contributed by atoms with Crippen molar-refractivity contribution in [3.05, 3.63) is 41.5 Å². The molecule has 0 spiro atoms. The van der Waals surface area contributed by atoms with Crippen molar-refractivity contribution in [1.82, 2.24) is 0 Å². The summed E-state index contributed by atoms with van der Waals surface area (Å²) >= 11 is 0. The molecular weight excluding hydrogens is 741 g/mol. The van der Waals surface area contributed by atoms with Crippen LogP contribution in [-0.2, 0) is 39.9 Å². The van der Waals surface area contributed by atoms with Gasteiger partial charge in [0.1, 0.15) is 12.4 Å². The molecule has 1 aromatic rings. The average molecular weight is 793 g/mol. The highest BCUT2D eigenvalue weighted by atomic mass is 32.3. The van der Waals surface area contributed by atoms with Crippen LogP contribution in [0.15, 0.2) is 35.9 Å². The molecule has 2 unspecified atom stereocenters. The fourth-order valence-corrected chi connectivity index (χ4v) is 12.7. The Morgan fingerprint density at radius 1 is 0.870 bits per heavy atom. The third kappa shape index (κ3) is 6.80. The highest BCUT2D eigenvalue weighted by Gasteiger charge is 2.71. The second-order valence-electron chi connectivity index (χ2n) is 18.2. The van der Waals surface area contributed by atoms with E-state index in [1.807, 2.05) is 0 Å². The zero-order valence-electron chi connectivity index (χ0n) is 31.7. The van der Waals surface area contributed by atoms with Crippen molar-refractivity contribution in [2.45, 2.75) is 106 Å². The number of Topliss-reactive ketones (excluding diaryl/α,β-unsaturated/α-hetero) is 1. The Morgan fingerprint density at radius 2 is 1.52 bits per heavy atom. The molecule has 7 atom stereocenters. The third-order valence-electron chi connectivity index (χ3n) is 14.7. The standard InChI is InChI=1S/C39H52O13S2/c1-34(2)17-18-38(33(42)43)19-20-39(23-50-32(41)12-8-24-7-10-27(51-53(44,45)46)28(21-24)52-54(47,48)49)25(26(38)22-34)9-11-30-36(5)15-14-31(40)35(3,4)29(36)13-16-37(30,39)6/h7-10,12,21,26,29-30H,11,13-20,22-23H2,1-6H3,(H,42,43)(H,44,45,46)(H,47,48,49)/b12-8+/t26?,29?,30-,36+,37-,38+,39+/m1/s1. The van der Waals surface area contributed by atoms with Gasteiger partial charge in [0.15, 0.2) is 11.5 Å². The van der Waals surface area contributed by atoms with Crippen molar-refractivity contribution < 1.29 is 58.5 Å². The van der Waals surface area contributed by atoms with Crippen molar-refractivity contribution in [2.75, 3.05) is 6.61 Å². The molecule has 0 saturated heterocycles. The molecule has 0 heterocycles. The van der Waals surface area contributed by atoms with E-state index in [2.05, 4.69) is 56.0 Å². The first-order valence-electron chi connectivity index (χ1n) is 18.6. The fourth-order valence-electron chi connectivity index (χ4n) is 11.9. The highest BCUT2D eigenvalue weighted by Crippen LogP contribution is 2.75. The van der Waals surface area contributed by atoms with Crippen LogP contribution in [0, 0.1) is 50.2 Å². The molecule has 298 valence electrons. The van der Waals surface area contributed by atoms with Gasteiger partial charge in [-0.2, -0.15) is 16.8 Å². The van der Waals surface area contributed by atoms with Crippen LogP contribution in [0.5, 0.6) is 11.5 Å². The maximum Gasteiger partial charge on any atom is 0.446 e. The van der Waals surface area contributed by atoms with Gasteiger partial charge in [0, 0.05) is 23.3 Å². The summed E-state index contributed by atoms with van der Waals surface area (Å²) in [6.45, 7) is 13.2. The zero-order valence-corrected chi connectivity index (χ0v) is 33.3. The lowest BCUT2D eigenvalue weighted by molar-refractivity contribution is -0.202. The van der Waals surface area contributed by atoms with E-state index in [1.165, 1.54) is 12.1 Å². The summed E-state index contributed by atoms with van der Waals surface area (Å²) in [5, 5.41) is 10.8. The number of carbonyl (C=O) groups excluding carboxylic acids is 2. The summed E-state index contributed by atoms with van der Waals surface area (Å²) in [6.07, 6.45) is 11.4. The van der Waals surface area contributed by atoms with Gasteiger partial charge in [-0.1, -0.05) is 59.3 Å². The Kier molecular flexibility index (Phi) is 9.84. The Labute approximate surface area is 317 Å². The molecule has 0 amide bonds. The maximum atomic E-state index is 13.6. The number of ketones is 1. The van der Waals surface area contributed by atoms with Crippen LogP contribution in [0.2, 0.25) is 0 Å². The van der Waals surface area contributed by atoms with E-state index in [9.17, 15) is 40.9 Å². The van der Waals surface area contributed by atoms with Crippen molar-refractivity contribution >= 4 is 44.6 Å². The molecule has 4 saturated carbocycles. The Morgan fingerprint density at radius 3 is 2.17 bits per heavy atom. The van der Waals surface area contributed by atoms with Crippen molar-refractivity contribution in [2.24, 2.45) is 50.2 Å². The van der Waals surface area contributed by atoms with Gasteiger partial charge in [-0.3, -0.25) is 18.7 Å². The first-order valence-corrected chi connectivity index (χ1v) is 21.3. The van der Waals surface area contributed by atoms with Crippen molar-refractivity contribution in [3.8, 4) is 11.5 Å². The van der Waals surface area contributed by atoms with E-state index in [0.717, 1.165) is 55.9 Å². The molecule has 0 bridgehead atoms. The number of esters is 1. The Balaban J connectivity index is 1.36. The lowest BCUT2D eigenvalue weighted by Crippen LogP contribution is -2.66. The number of carbonyl (C=O) groups is 3. The summed E-state index contributed by atoms with van der Waals surface area (Å²) in [6, 6.07) is 3.22. The predicted octanol–water partition coefficient (Wildman–Crippen LogP) is 7.04. The molecular formula is C39H52O13S2. The normalized spacial score (nSPS) is 35.7. The van der Waals surface area contributed by atoms with E-state index in [-0.39, 0.29) is 46.2 Å².